The topological polar surface area (TPSA) is 107 Å². The van der Waals surface area contributed by atoms with Crippen molar-refractivity contribution in [1.29, 1.82) is 0 Å². The third kappa shape index (κ3) is 5.47. The van der Waals surface area contributed by atoms with Crippen molar-refractivity contribution in [2.24, 2.45) is 0 Å². The smallest absolute Gasteiger partial charge is 0.404 e. The number of halogens is 3. The van der Waals surface area contributed by atoms with Crippen molar-refractivity contribution < 1.29 is 30.8 Å². The van der Waals surface area contributed by atoms with Crippen LogP contribution in [0, 0.1) is 0 Å². The lowest BCUT2D eigenvalue weighted by Crippen LogP contribution is -2.21. The predicted molar refractivity (Wildman–Crippen MR) is 111 cm³/mol. The molecule has 0 amide bonds. The zero-order valence-electron chi connectivity index (χ0n) is 16.7. The average molecular weight is 476 g/mol. The van der Waals surface area contributed by atoms with E-state index in [1.165, 1.54) is 18.2 Å². The number of hydrogen-bond donors (Lipinski definition) is 1. The summed E-state index contributed by atoms with van der Waals surface area (Å²) in [6, 6.07) is 14.2. The Balaban J connectivity index is 1.60. The second-order valence-corrected chi connectivity index (χ2v) is 8.33. The Bertz CT molecular complexity index is 1360. The number of hydrogen-bond acceptors (Lipinski definition) is 7. The van der Waals surface area contributed by atoms with Gasteiger partial charge in [0.2, 0.25) is 11.7 Å². The second-order valence-electron chi connectivity index (χ2n) is 6.68. The molecule has 0 aliphatic heterocycles. The molecule has 0 fully saturated rings. The van der Waals surface area contributed by atoms with Crippen molar-refractivity contribution in [3.63, 3.8) is 0 Å². The lowest BCUT2D eigenvalue weighted by atomic mass is 10.1. The molecule has 0 unspecified atom stereocenters. The minimum Gasteiger partial charge on any atom is -0.404 e. The summed E-state index contributed by atoms with van der Waals surface area (Å²) in [6.45, 7) is 0. The zero-order chi connectivity index (χ0) is 23.5. The van der Waals surface area contributed by atoms with Crippen LogP contribution in [0.4, 0.5) is 18.9 Å². The van der Waals surface area contributed by atoms with Gasteiger partial charge in [-0.3, -0.25) is 9.71 Å². The molecule has 2 heterocycles. The van der Waals surface area contributed by atoms with Gasteiger partial charge in [-0.25, -0.2) is 8.42 Å². The monoisotopic (exact) mass is 476 g/mol. The molecule has 33 heavy (non-hydrogen) atoms. The molecular weight excluding hydrogens is 461 g/mol. The number of sulfonamides is 1. The lowest BCUT2D eigenvalue weighted by Gasteiger charge is -2.15. The van der Waals surface area contributed by atoms with E-state index in [-0.39, 0.29) is 18.0 Å². The number of nitrogens with one attached hydrogen (secondary N) is 1. The molecule has 12 heteroatoms. The molecule has 1 N–H and O–H groups in total. The van der Waals surface area contributed by atoms with Crippen molar-refractivity contribution >= 4 is 15.7 Å². The van der Waals surface area contributed by atoms with Crippen molar-refractivity contribution in [2.75, 3.05) is 4.72 Å². The third-order valence-electron chi connectivity index (χ3n) is 4.37. The lowest BCUT2D eigenvalue weighted by molar-refractivity contribution is -0.275. The molecule has 8 nitrogen and oxygen atoms in total. The molecule has 4 rings (SSSR count). The van der Waals surface area contributed by atoms with Crippen molar-refractivity contribution in [3.05, 3.63) is 84.5 Å². The van der Waals surface area contributed by atoms with Crippen molar-refractivity contribution in [1.82, 2.24) is 15.1 Å². The largest absolute Gasteiger partial charge is 0.573 e. The summed E-state index contributed by atoms with van der Waals surface area (Å²) in [4.78, 5) is 7.56. The van der Waals surface area contributed by atoms with Gasteiger partial charge in [-0.15, -0.1) is 13.2 Å². The fourth-order valence-electron chi connectivity index (χ4n) is 2.96. The van der Waals surface area contributed by atoms with Gasteiger partial charge in [0.15, 0.2) is 0 Å². The highest BCUT2D eigenvalue weighted by Crippen LogP contribution is 2.31. The van der Waals surface area contributed by atoms with Crippen LogP contribution in [0.3, 0.4) is 0 Å². The summed E-state index contributed by atoms with van der Waals surface area (Å²) in [5.74, 6) is -0.285. The Morgan fingerprint density at radius 3 is 2.42 bits per heavy atom. The van der Waals surface area contributed by atoms with Crippen LogP contribution >= 0.6 is 0 Å². The Morgan fingerprint density at radius 2 is 1.67 bits per heavy atom. The number of rotatable bonds is 7. The molecule has 0 bridgehead atoms. The van der Waals surface area contributed by atoms with Crippen LogP contribution in [-0.2, 0) is 16.4 Å². The zero-order valence-corrected chi connectivity index (χ0v) is 17.5. The standard InChI is InChI=1S/C21H15F3N4O4S/c22-21(23,24)31-17-7-3-4-8-18(17)33(29,30)28-16-6-2-1-5-15(16)13-19-26-20(27-32-19)14-9-11-25-12-10-14/h1-12,28H,13H2. The van der Waals surface area contributed by atoms with E-state index in [1.807, 2.05) is 0 Å². The highest BCUT2D eigenvalue weighted by Gasteiger charge is 2.34. The van der Waals surface area contributed by atoms with Crippen LogP contribution in [0.2, 0.25) is 0 Å². The van der Waals surface area contributed by atoms with Gasteiger partial charge in [0.1, 0.15) is 10.6 Å². The molecular formula is C21H15F3N4O4S. The number of benzene rings is 2. The van der Waals surface area contributed by atoms with E-state index < -0.39 is 27.0 Å². The number of nitrogens with zero attached hydrogens (tertiary/aromatic N) is 3. The molecule has 0 atom stereocenters. The first-order chi connectivity index (χ1) is 15.7. The van der Waals surface area contributed by atoms with Crippen molar-refractivity contribution in [3.8, 4) is 17.1 Å². The molecule has 0 radical (unpaired) electrons. The summed E-state index contributed by atoms with van der Waals surface area (Å²) in [7, 11) is -4.42. The van der Waals surface area contributed by atoms with Gasteiger partial charge in [0.05, 0.1) is 12.1 Å². The highest BCUT2D eigenvalue weighted by molar-refractivity contribution is 7.92. The quantitative estimate of drug-likeness (QED) is 0.421. The molecule has 0 saturated heterocycles. The van der Waals surface area contributed by atoms with Crippen LogP contribution in [0.1, 0.15) is 11.5 Å². The first-order valence-corrected chi connectivity index (χ1v) is 10.9. The maximum Gasteiger partial charge on any atom is 0.573 e. The van der Waals surface area contributed by atoms with E-state index in [0.29, 0.717) is 17.0 Å². The minimum atomic E-state index is -5.05. The fourth-order valence-corrected chi connectivity index (χ4v) is 4.19. The van der Waals surface area contributed by atoms with Gasteiger partial charge in [-0.2, -0.15) is 4.98 Å². The summed E-state index contributed by atoms with van der Waals surface area (Å²) in [6.07, 6.45) is -1.81. The molecule has 4 aromatic rings. The fraction of sp³-hybridized carbons (Fsp3) is 0.0952. The summed E-state index contributed by atoms with van der Waals surface area (Å²) >= 11 is 0. The SMILES string of the molecule is O=S(=O)(Nc1ccccc1Cc1nc(-c2ccncc2)no1)c1ccccc1OC(F)(F)F. The van der Waals surface area contributed by atoms with Crippen LogP contribution in [0.25, 0.3) is 11.4 Å². The highest BCUT2D eigenvalue weighted by atomic mass is 32.2. The van der Waals surface area contributed by atoms with Crippen LogP contribution in [-0.4, -0.2) is 29.9 Å². The number of pyridine rings is 1. The normalized spacial score (nSPS) is 11.8. The van der Waals surface area contributed by atoms with Crippen molar-refractivity contribution in [2.45, 2.75) is 17.7 Å². The van der Waals surface area contributed by atoms with Crippen LogP contribution in [0.5, 0.6) is 5.75 Å². The molecule has 2 aromatic heterocycles. The van der Waals surface area contributed by atoms with Gasteiger partial charge in [0.25, 0.3) is 10.0 Å². The van der Waals surface area contributed by atoms with Crippen LogP contribution < -0.4 is 9.46 Å². The average Bonchev–Trinajstić information content (AvgIpc) is 3.23. The molecule has 2 aromatic carbocycles. The summed E-state index contributed by atoms with van der Waals surface area (Å²) < 4.78 is 75.3. The van der Waals surface area contributed by atoms with Gasteiger partial charge < -0.3 is 9.26 Å². The number of alkyl halides is 3. The molecule has 0 spiro atoms. The molecule has 0 saturated carbocycles. The maximum atomic E-state index is 12.9. The van der Waals surface area contributed by atoms with Crippen LogP contribution in [0.15, 0.2) is 82.5 Å². The van der Waals surface area contributed by atoms with Gasteiger partial charge in [-0.1, -0.05) is 35.5 Å². The second kappa shape index (κ2) is 8.90. The Kier molecular flexibility index (Phi) is 6.01. The number of para-hydroxylation sites is 2. The number of ether oxygens (including phenoxy) is 1. The van der Waals surface area contributed by atoms with Gasteiger partial charge >= 0.3 is 6.36 Å². The van der Waals surface area contributed by atoms with E-state index in [2.05, 4.69) is 24.6 Å². The summed E-state index contributed by atoms with van der Waals surface area (Å²) in [5.41, 5.74) is 1.30. The van der Waals surface area contributed by atoms with E-state index in [9.17, 15) is 21.6 Å². The molecule has 0 aliphatic carbocycles. The third-order valence-corrected chi connectivity index (χ3v) is 5.78. The predicted octanol–water partition coefficient (Wildman–Crippen LogP) is 4.42. The minimum absolute atomic E-state index is 0.0808. The van der Waals surface area contributed by atoms with Gasteiger partial charge in [-0.05, 0) is 35.9 Å². The Hall–Kier alpha value is -3.93. The molecule has 170 valence electrons. The first-order valence-electron chi connectivity index (χ1n) is 9.40. The molecule has 0 aliphatic rings. The number of anilines is 1. The summed E-state index contributed by atoms with van der Waals surface area (Å²) in [5, 5.41) is 3.90. The van der Waals surface area contributed by atoms with E-state index in [0.717, 1.165) is 12.1 Å². The van der Waals surface area contributed by atoms with E-state index in [1.54, 1.807) is 42.7 Å². The van der Waals surface area contributed by atoms with Gasteiger partial charge in [0, 0.05) is 18.0 Å². The number of aromatic nitrogens is 3. The first kappa shape index (κ1) is 22.3. The Labute approximate surface area is 186 Å². The Morgan fingerprint density at radius 1 is 0.970 bits per heavy atom. The van der Waals surface area contributed by atoms with E-state index in [4.69, 9.17) is 4.52 Å². The maximum absolute atomic E-state index is 12.9. The van der Waals surface area contributed by atoms with E-state index >= 15 is 0 Å².